The molecule has 5 nitrogen and oxygen atoms in total. The Bertz CT molecular complexity index is 398. The van der Waals surface area contributed by atoms with Gasteiger partial charge < -0.3 is 15.1 Å². The van der Waals surface area contributed by atoms with Gasteiger partial charge >= 0.3 is 0 Å². The van der Waals surface area contributed by atoms with Crippen molar-refractivity contribution in [3.05, 3.63) is 12.3 Å². The predicted octanol–water partition coefficient (Wildman–Crippen LogP) is 0.679. The van der Waals surface area contributed by atoms with Crippen molar-refractivity contribution < 1.29 is 4.39 Å². The van der Waals surface area contributed by atoms with E-state index in [0.29, 0.717) is 18.9 Å². The lowest BCUT2D eigenvalue weighted by molar-refractivity contribution is 0.355. The van der Waals surface area contributed by atoms with Crippen molar-refractivity contribution in [3.63, 3.8) is 0 Å². The normalized spacial score (nSPS) is 23.4. The summed E-state index contributed by atoms with van der Waals surface area (Å²) in [5.74, 6) is 1.45. The van der Waals surface area contributed by atoms with Crippen LogP contribution in [-0.4, -0.2) is 56.4 Å². The maximum absolute atomic E-state index is 13.6. The van der Waals surface area contributed by atoms with Crippen LogP contribution in [0.1, 0.15) is 6.42 Å². The molecule has 2 atom stereocenters. The Hall–Kier alpha value is -1.43. The van der Waals surface area contributed by atoms with Crippen LogP contribution < -0.4 is 15.1 Å². The van der Waals surface area contributed by atoms with Crippen LogP contribution in [0.2, 0.25) is 0 Å². The van der Waals surface area contributed by atoms with E-state index in [-0.39, 0.29) is 6.04 Å². The highest BCUT2D eigenvalue weighted by Crippen LogP contribution is 2.26. The second-order valence-corrected chi connectivity index (χ2v) is 4.81. The fourth-order valence-corrected chi connectivity index (χ4v) is 2.28. The summed E-state index contributed by atoms with van der Waals surface area (Å²) < 4.78 is 13.6. The third kappa shape index (κ3) is 2.69. The van der Waals surface area contributed by atoms with Crippen LogP contribution in [0.15, 0.2) is 12.3 Å². The molecular formula is C12H20FN5. The highest BCUT2D eigenvalue weighted by molar-refractivity contribution is 5.45. The van der Waals surface area contributed by atoms with Gasteiger partial charge in [0.1, 0.15) is 12.0 Å². The quantitative estimate of drug-likeness (QED) is 0.855. The van der Waals surface area contributed by atoms with Crippen LogP contribution in [0.5, 0.6) is 0 Å². The first-order valence-electron chi connectivity index (χ1n) is 6.17. The molecule has 0 aromatic carbocycles. The minimum atomic E-state index is -0.777. The van der Waals surface area contributed by atoms with E-state index in [1.54, 1.807) is 6.20 Å². The molecule has 0 radical (unpaired) electrons. The SMILES string of the molecule is CNC[C@@H]1C[C@H](F)CN1c1ccnc(N(C)C)n1. The molecule has 2 heterocycles. The van der Waals surface area contributed by atoms with Gasteiger partial charge in [0.25, 0.3) is 0 Å². The van der Waals surface area contributed by atoms with Crippen molar-refractivity contribution in [2.24, 2.45) is 0 Å². The first-order valence-corrected chi connectivity index (χ1v) is 6.17. The van der Waals surface area contributed by atoms with E-state index in [1.165, 1.54) is 0 Å². The third-order valence-corrected chi connectivity index (χ3v) is 3.13. The lowest BCUT2D eigenvalue weighted by Gasteiger charge is -2.25. The number of rotatable bonds is 4. The first-order chi connectivity index (χ1) is 8.61. The van der Waals surface area contributed by atoms with Gasteiger partial charge in [0.15, 0.2) is 0 Å². The smallest absolute Gasteiger partial charge is 0.226 e. The monoisotopic (exact) mass is 253 g/mol. The zero-order valence-corrected chi connectivity index (χ0v) is 11.1. The second-order valence-electron chi connectivity index (χ2n) is 4.81. The predicted molar refractivity (Wildman–Crippen MR) is 70.9 cm³/mol. The van der Waals surface area contributed by atoms with Crippen LogP contribution in [0.25, 0.3) is 0 Å². The summed E-state index contributed by atoms with van der Waals surface area (Å²) in [4.78, 5) is 12.5. The van der Waals surface area contributed by atoms with Crippen molar-refractivity contribution in [2.45, 2.75) is 18.6 Å². The number of anilines is 2. The average Bonchev–Trinajstić information content (AvgIpc) is 2.71. The van der Waals surface area contributed by atoms with E-state index in [9.17, 15) is 4.39 Å². The Labute approximate surface area is 107 Å². The molecule has 0 amide bonds. The average molecular weight is 253 g/mol. The number of halogens is 1. The minimum Gasteiger partial charge on any atom is -0.349 e. The maximum Gasteiger partial charge on any atom is 0.226 e. The first kappa shape index (κ1) is 13.0. The number of nitrogens with one attached hydrogen (secondary N) is 1. The van der Waals surface area contributed by atoms with Crippen LogP contribution >= 0.6 is 0 Å². The fourth-order valence-electron chi connectivity index (χ4n) is 2.28. The maximum atomic E-state index is 13.6. The molecule has 1 saturated heterocycles. The van der Waals surface area contributed by atoms with Gasteiger partial charge in [-0.2, -0.15) is 4.98 Å². The minimum absolute atomic E-state index is 0.162. The number of hydrogen-bond donors (Lipinski definition) is 1. The number of aromatic nitrogens is 2. The topological polar surface area (TPSA) is 44.3 Å². The fraction of sp³-hybridized carbons (Fsp3) is 0.667. The summed E-state index contributed by atoms with van der Waals surface area (Å²) in [5.41, 5.74) is 0. The van der Waals surface area contributed by atoms with Crippen LogP contribution in [0.4, 0.5) is 16.2 Å². The van der Waals surface area contributed by atoms with Crippen LogP contribution in [0, 0.1) is 0 Å². The summed E-state index contributed by atoms with van der Waals surface area (Å²) in [6, 6.07) is 2.00. The van der Waals surface area contributed by atoms with Gasteiger partial charge in [0.2, 0.25) is 5.95 Å². The van der Waals surface area contributed by atoms with Gasteiger partial charge in [-0.1, -0.05) is 0 Å². The molecule has 1 fully saturated rings. The molecule has 1 N–H and O–H groups in total. The lowest BCUT2D eigenvalue weighted by atomic mass is 10.2. The van der Waals surface area contributed by atoms with E-state index in [0.717, 1.165) is 12.4 Å². The number of nitrogens with zero attached hydrogens (tertiary/aromatic N) is 4. The van der Waals surface area contributed by atoms with E-state index in [1.807, 2.05) is 37.0 Å². The molecule has 1 aromatic heterocycles. The molecule has 6 heteroatoms. The number of hydrogen-bond acceptors (Lipinski definition) is 5. The van der Waals surface area contributed by atoms with Gasteiger partial charge in [-0.15, -0.1) is 0 Å². The van der Waals surface area contributed by atoms with Crippen LogP contribution in [-0.2, 0) is 0 Å². The lowest BCUT2D eigenvalue weighted by Crippen LogP contribution is -2.37. The Kier molecular flexibility index (Phi) is 3.96. The van der Waals surface area contributed by atoms with E-state index >= 15 is 0 Å². The largest absolute Gasteiger partial charge is 0.349 e. The highest BCUT2D eigenvalue weighted by Gasteiger charge is 2.32. The third-order valence-electron chi connectivity index (χ3n) is 3.13. The zero-order valence-electron chi connectivity index (χ0n) is 11.1. The Morgan fingerprint density at radius 3 is 3.00 bits per heavy atom. The summed E-state index contributed by atoms with van der Waals surface area (Å²) in [6.45, 7) is 1.18. The second kappa shape index (κ2) is 5.48. The summed E-state index contributed by atoms with van der Waals surface area (Å²) in [7, 11) is 5.67. The Morgan fingerprint density at radius 2 is 2.33 bits per heavy atom. The van der Waals surface area contributed by atoms with Crippen molar-refractivity contribution in [3.8, 4) is 0 Å². The molecule has 1 aliphatic heterocycles. The molecule has 0 saturated carbocycles. The van der Waals surface area contributed by atoms with Gasteiger partial charge in [-0.3, -0.25) is 0 Å². The number of likely N-dealkylation sites (N-methyl/N-ethyl adjacent to an activating group) is 1. The molecule has 0 unspecified atom stereocenters. The van der Waals surface area contributed by atoms with Crippen molar-refractivity contribution in [1.82, 2.24) is 15.3 Å². The Balaban J connectivity index is 2.21. The molecule has 0 aliphatic carbocycles. The van der Waals surface area contributed by atoms with Crippen molar-refractivity contribution in [1.29, 1.82) is 0 Å². The summed E-state index contributed by atoms with van der Waals surface area (Å²) >= 11 is 0. The van der Waals surface area contributed by atoms with Gasteiger partial charge in [-0.25, -0.2) is 9.37 Å². The molecule has 0 bridgehead atoms. The molecule has 1 aromatic rings. The van der Waals surface area contributed by atoms with E-state index < -0.39 is 6.17 Å². The molecule has 2 rings (SSSR count). The van der Waals surface area contributed by atoms with Crippen molar-refractivity contribution in [2.75, 3.05) is 44.0 Å². The van der Waals surface area contributed by atoms with Crippen LogP contribution in [0.3, 0.4) is 0 Å². The van der Waals surface area contributed by atoms with Crippen molar-refractivity contribution >= 4 is 11.8 Å². The van der Waals surface area contributed by atoms with Gasteiger partial charge in [-0.05, 0) is 13.1 Å². The van der Waals surface area contributed by atoms with E-state index in [2.05, 4.69) is 15.3 Å². The van der Waals surface area contributed by atoms with E-state index in [4.69, 9.17) is 0 Å². The molecular weight excluding hydrogens is 233 g/mol. The highest BCUT2D eigenvalue weighted by atomic mass is 19.1. The Morgan fingerprint density at radius 1 is 1.56 bits per heavy atom. The molecule has 18 heavy (non-hydrogen) atoms. The molecule has 1 aliphatic rings. The van der Waals surface area contributed by atoms with Gasteiger partial charge in [0, 0.05) is 39.3 Å². The van der Waals surface area contributed by atoms with Gasteiger partial charge in [0.05, 0.1) is 6.54 Å². The summed E-state index contributed by atoms with van der Waals surface area (Å²) in [6.07, 6.45) is 1.50. The number of alkyl halides is 1. The molecule has 100 valence electrons. The zero-order chi connectivity index (χ0) is 13.1. The summed E-state index contributed by atoms with van der Waals surface area (Å²) in [5, 5.41) is 3.11. The standard InChI is InChI=1S/C12H20FN5/c1-14-7-10-6-9(13)8-18(10)11-4-5-15-12(16-11)17(2)3/h4-5,9-10,14H,6-8H2,1-3H3/t9-,10-/m0/s1. The molecule has 0 spiro atoms.